The van der Waals surface area contributed by atoms with Gasteiger partial charge in [0.2, 0.25) is 5.91 Å². The summed E-state index contributed by atoms with van der Waals surface area (Å²) in [5.74, 6) is -0.385. The Labute approximate surface area is 114 Å². The van der Waals surface area contributed by atoms with Crippen molar-refractivity contribution < 1.29 is 14.8 Å². The van der Waals surface area contributed by atoms with Crippen molar-refractivity contribution in [2.75, 3.05) is 6.54 Å². The molecule has 0 aliphatic heterocycles. The maximum absolute atomic E-state index is 11.1. The molecule has 2 N–H and O–H groups in total. The predicted molar refractivity (Wildman–Crippen MR) is 69.7 cm³/mol. The molecule has 1 amide bonds. The third-order valence-electron chi connectivity index (χ3n) is 2.56. The number of hydrogen-bond donors (Lipinski definition) is 2. The van der Waals surface area contributed by atoms with E-state index >= 15 is 0 Å². The second-order valence-corrected chi connectivity index (χ2v) is 4.01. The van der Waals surface area contributed by atoms with Crippen LogP contribution in [0, 0.1) is 10.1 Å². The first-order valence-corrected chi connectivity index (χ1v) is 5.66. The van der Waals surface area contributed by atoms with Gasteiger partial charge >= 0.3 is 0 Å². The van der Waals surface area contributed by atoms with E-state index in [2.05, 4.69) is 15.3 Å². The van der Waals surface area contributed by atoms with Gasteiger partial charge in [0.1, 0.15) is 0 Å². The van der Waals surface area contributed by atoms with Crippen LogP contribution in [0.2, 0.25) is 0 Å². The number of non-ortho nitro benzene ring substituents is 1. The lowest BCUT2D eigenvalue weighted by Gasteiger charge is -2.22. The van der Waals surface area contributed by atoms with Gasteiger partial charge in [-0.2, -0.15) is 0 Å². The topological polar surface area (TPSA) is 141 Å². The summed E-state index contributed by atoms with van der Waals surface area (Å²) in [6.07, 6.45) is -1.13. The molecular weight excluding hydrogens is 266 g/mol. The van der Waals surface area contributed by atoms with Gasteiger partial charge in [0.05, 0.1) is 17.1 Å². The number of amides is 1. The number of rotatable bonds is 6. The fourth-order valence-electron chi connectivity index (χ4n) is 1.64. The SMILES string of the molecule is CC(=O)N[C@H](CN=[N+]=[N-])[C@H](O)c1ccc([N+](=O)[O-])cc1. The minimum atomic E-state index is -1.13. The Kier molecular flexibility index (Phi) is 5.45. The second-order valence-electron chi connectivity index (χ2n) is 4.01. The Balaban J connectivity index is 2.92. The summed E-state index contributed by atoms with van der Waals surface area (Å²) in [4.78, 5) is 23.6. The number of nitrogens with zero attached hydrogens (tertiary/aromatic N) is 4. The highest BCUT2D eigenvalue weighted by molar-refractivity contribution is 5.73. The monoisotopic (exact) mass is 279 g/mol. The van der Waals surface area contributed by atoms with Crippen LogP contribution in [0.3, 0.4) is 0 Å². The van der Waals surface area contributed by atoms with Gasteiger partial charge in [-0.3, -0.25) is 14.9 Å². The first kappa shape index (κ1) is 15.4. The van der Waals surface area contributed by atoms with Gasteiger partial charge in [-0.15, -0.1) is 0 Å². The standard InChI is InChI=1S/C11H13N5O4/c1-7(17)14-10(6-13-15-12)11(18)8-2-4-9(5-3-8)16(19)20/h2-5,10-11,18H,6H2,1H3,(H,14,17)/t10-,11-/m1/s1. The van der Waals surface area contributed by atoms with E-state index in [9.17, 15) is 20.0 Å². The van der Waals surface area contributed by atoms with Crippen molar-refractivity contribution in [3.05, 3.63) is 50.4 Å². The summed E-state index contributed by atoms with van der Waals surface area (Å²) >= 11 is 0. The summed E-state index contributed by atoms with van der Waals surface area (Å²) < 4.78 is 0. The molecule has 2 atom stereocenters. The fourth-order valence-corrected chi connectivity index (χ4v) is 1.64. The molecule has 0 aliphatic carbocycles. The molecule has 0 radical (unpaired) electrons. The largest absolute Gasteiger partial charge is 0.386 e. The highest BCUT2D eigenvalue weighted by atomic mass is 16.6. The van der Waals surface area contributed by atoms with Crippen molar-refractivity contribution in [2.45, 2.75) is 19.1 Å². The van der Waals surface area contributed by atoms with Crippen molar-refractivity contribution >= 4 is 11.6 Å². The summed E-state index contributed by atoms with van der Waals surface area (Å²) in [5, 5.41) is 26.4. The molecule has 0 fully saturated rings. The molecule has 0 aromatic heterocycles. The number of nitro groups is 1. The van der Waals surface area contributed by atoms with Gasteiger partial charge < -0.3 is 10.4 Å². The zero-order valence-corrected chi connectivity index (χ0v) is 10.6. The summed E-state index contributed by atoms with van der Waals surface area (Å²) in [5.41, 5.74) is 8.56. The smallest absolute Gasteiger partial charge is 0.269 e. The average Bonchev–Trinajstić information content (AvgIpc) is 2.42. The normalized spacial score (nSPS) is 12.9. The number of aliphatic hydroxyl groups is 1. The minimum Gasteiger partial charge on any atom is -0.386 e. The third kappa shape index (κ3) is 4.23. The molecule has 1 rings (SSSR count). The highest BCUT2D eigenvalue weighted by Gasteiger charge is 2.21. The first-order chi connectivity index (χ1) is 9.45. The van der Waals surface area contributed by atoms with Crippen LogP contribution in [0.15, 0.2) is 29.4 Å². The predicted octanol–water partition coefficient (Wildman–Crippen LogP) is 1.44. The zero-order valence-electron chi connectivity index (χ0n) is 10.6. The summed E-state index contributed by atoms with van der Waals surface area (Å²) in [7, 11) is 0. The molecule has 0 aliphatic rings. The number of azide groups is 1. The van der Waals surface area contributed by atoms with E-state index in [0.717, 1.165) is 0 Å². The quantitative estimate of drug-likeness (QED) is 0.267. The van der Waals surface area contributed by atoms with E-state index in [1.165, 1.54) is 31.2 Å². The van der Waals surface area contributed by atoms with E-state index in [4.69, 9.17) is 5.53 Å². The molecular formula is C11H13N5O4. The number of carbonyl (C=O) groups excluding carboxylic acids is 1. The average molecular weight is 279 g/mol. The minimum absolute atomic E-state index is 0.105. The lowest BCUT2D eigenvalue weighted by Crippen LogP contribution is -2.40. The Hall–Kier alpha value is -2.64. The van der Waals surface area contributed by atoms with E-state index in [1.807, 2.05) is 0 Å². The molecule has 9 heteroatoms. The van der Waals surface area contributed by atoms with Crippen LogP contribution >= 0.6 is 0 Å². The van der Waals surface area contributed by atoms with E-state index in [1.54, 1.807) is 0 Å². The first-order valence-electron chi connectivity index (χ1n) is 5.66. The number of nitro benzene ring substituents is 1. The van der Waals surface area contributed by atoms with E-state index in [0.29, 0.717) is 5.56 Å². The fraction of sp³-hybridized carbons (Fsp3) is 0.364. The maximum Gasteiger partial charge on any atom is 0.269 e. The van der Waals surface area contributed by atoms with Crippen molar-refractivity contribution in [2.24, 2.45) is 5.11 Å². The highest BCUT2D eigenvalue weighted by Crippen LogP contribution is 2.20. The lowest BCUT2D eigenvalue weighted by molar-refractivity contribution is -0.384. The molecule has 0 bridgehead atoms. The van der Waals surface area contributed by atoms with Crippen LogP contribution in [0.4, 0.5) is 5.69 Å². The van der Waals surface area contributed by atoms with Gasteiger partial charge in [0.25, 0.3) is 5.69 Å². The van der Waals surface area contributed by atoms with Crippen molar-refractivity contribution in [3.63, 3.8) is 0 Å². The van der Waals surface area contributed by atoms with E-state index in [-0.39, 0.29) is 18.1 Å². The van der Waals surface area contributed by atoms with E-state index < -0.39 is 17.1 Å². The van der Waals surface area contributed by atoms with Gasteiger partial charge in [0, 0.05) is 30.5 Å². The van der Waals surface area contributed by atoms with Gasteiger partial charge in [-0.05, 0) is 23.2 Å². The molecule has 0 heterocycles. The van der Waals surface area contributed by atoms with Crippen LogP contribution in [-0.4, -0.2) is 28.5 Å². The molecule has 1 aromatic rings. The Morgan fingerprint density at radius 3 is 2.60 bits per heavy atom. The molecule has 20 heavy (non-hydrogen) atoms. The van der Waals surface area contributed by atoms with Crippen LogP contribution in [-0.2, 0) is 4.79 Å². The molecule has 1 aromatic carbocycles. The van der Waals surface area contributed by atoms with Crippen LogP contribution in [0.25, 0.3) is 10.4 Å². The molecule has 0 saturated heterocycles. The summed E-state index contributed by atoms with van der Waals surface area (Å²) in [6, 6.07) is 4.46. The number of hydrogen-bond acceptors (Lipinski definition) is 5. The number of aliphatic hydroxyl groups excluding tert-OH is 1. The Morgan fingerprint density at radius 1 is 1.55 bits per heavy atom. The van der Waals surface area contributed by atoms with Gasteiger partial charge in [-0.25, -0.2) is 0 Å². The Morgan fingerprint density at radius 2 is 2.15 bits per heavy atom. The zero-order chi connectivity index (χ0) is 15.1. The molecule has 0 spiro atoms. The van der Waals surface area contributed by atoms with Crippen molar-refractivity contribution in [1.29, 1.82) is 0 Å². The van der Waals surface area contributed by atoms with Crippen LogP contribution < -0.4 is 5.32 Å². The van der Waals surface area contributed by atoms with Crippen molar-refractivity contribution in [1.82, 2.24) is 5.32 Å². The number of carbonyl (C=O) groups is 1. The Bertz CT molecular complexity index is 534. The van der Waals surface area contributed by atoms with Crippen molar-refractivity contribution in [3.8, 4) is 0 Å². The van der Waals surface area contributed by atoms with Gasteiger partial charge in [-0.1, -0.05) is 5.11 Å². The number of nitrogens with one attached hydrogen (secondary N) is 1. The summed E-state index contributed by atoms with van der Waals surface area (Å²) in [6.45, 7) is 1.14. The molecule has 0 unspecified atom stereocenters. The van der Waals surface area contributed by atoms with Crippen LogP contribution in [0.1, 0.15) is 18.6 Å². The molecule has 9 nitrogen and oxygen atoms in total. The number of benzene rings is 1. The molecule has 106 valence electrons. The lowest BCUT2D eigenvalue weighted by atomic mass is 10.0. The third-order valence-corrected chi connectivity index (χ3v) is 2.56. The second kappa shape index (κ2) is 7.07. The molecule has 0 saturated carbocycles. The maximum atomic E-state index is 11.1. The van der Waals surface area contributed by atoms with Gasteiger partial charge in [0.15, 0.2) is 0 Å². The van der Waals surface area contributed by atoms with Crippen LogP contribution in [0.5, 0.6) is 0 Å².